The molecule has 3 rings (SSSR count). The molecule has 0 amide bonds. The summed E-state index contributed by atoms with van der Waals surface area (Å²) < 4.78 is 9.00. The van der Waals surface area contributed by atoms with E-state index in [2.05, 4.69) is 77.7 Å². The van der Waals surface area contributed by atoms with Crippen LogP contribution in [0.15, 0.2) is 46.9 Å². The van der Waals surface area contributed by atoms with E-state index in [4.69, 9.17) is 22.7 Å². The Morgan fingerprint density at radius 2 is 1.86 bits per heavy atom. The minimum Gasteiger partial charge on any atom is -0.497 e. The first-order chi connectivity index (χ1) is 13.3. The van der Waals surface area contributed by atoms with Gasteiger partial charge in [-0.15, -0.1) is 0 Å². The lowest BCUT2D eigenvalue weighted by molar-refractivity contribution is 0.415. The van der Waals surface area contributed by atoms with E-state index in [0.717, 1.165) is 23.2 Å². The van der Waals surface area contributed by atoms with Crippen LogP contribution in [0.25, 0.3) is 10.9 Å². The first kappa shape index (κ1) is 20.9. The molecule has 0 aliphatic heterocycles. The summed E-state index contributed by atoms with van der Waals surface area (Å²) in [7, 11) is 1.71. The van der Waals surface area contributed by atoms with Crippen molar-refractivity contribution in [2.24, 2.45) is 11.7 Å². The zero-order chi connectivity index (χ0) is 20.4. The van der Waals surface area contributed by atoms with E-state index in [1.807, 2.05) is 6.07 Å². The highest BCUT2D eigenvalue weighted by Gasteiger charge is 2.24. The highest BCUT2D eigenvalue weighted by Crippen LogP contribution is 2.38. The predicted molar refractivity (Wildman–Crippen MR) is 125 cm³/mol. The Hall–Kier alpha value is -1.85. The van der Waals surface area contributed by atoms with Crippen LogP contribution in [0.1, 0.15) is 43.0 Å². The molecule has 3 aromatic rings. The van der Waals surface area contributed by atoms with Crippen molar-refractivity contribution in [3.05, 3.63) is 63.8 Å². The molecule has 2 atom stereocenters. The molecule has 28 heavy (non-hydrogen) atoms. The zero-order valence-corrected chi connectivity index (χ0v) is 19.2. The van der Waals surface area contributed by atoms with E-state index in [9.17, 15) is 0 Å². The number of aromatic nitrogens is 1. The van der Waals surface area contributed by atoms with Gasteiger partial charge in [-0.25, -0.2) is 0 Å². The van der Waals surface area contributed by atoms with Crippen LogP contribution in [0.4, 0.5) is 0 Å². The van der Waals surface area contributed by atoms with E-state index in [1.165, 1.54) is 27.7 Å². The Bertz CT molecular complexity index is 994. The number of methoxy groups -OCH3 is 1. The second kappa shape index (κ2) is 8.66. The number of thiocarbonyl (C=S) groups is 1. The monoisotopic (exact) mass is 458 g/mol. The third-order valence-corrected chi connectivity index (χ3v) is 6.36. The van der Waals surface area contributed by atoms with Crippen molar-refractivity contribution in [2.45, 2.75) is 39.7 Å². The van der Waals surface area contributed by atoms with Gasteiger partial charge >= 0.3 is 0 Å². The van der Waals surface area contributed by atoms with Crippen molar-refractivity contribution in [3.8, 4) is 5.75 Å². The smallest absolute Gasteiger partial charge is 0.119 e. The topological polar surface area (TPSA) is 40.2 Å². The van der Waals surface area contributed by atoms with Crippen molar-refractivity contribution in [3.63, 3.8) is 0 Å². The summed E-state index contributed by atoms with van der Waals surface area (Å²) in [5.74, 6) is 1.58. The van der Waals surface area contributed by atoms with Crippen LogP contribution in [0.5, 0.6) is 5.75 Å². The van der Waals surface area contributed by atoms with E-state index in [1.54, 1.807) is 7.11 Å². The minimum absolute atomic E-state index is 0.335. The normalized spacial score (nSPS) is 13.5. The van der Waals surface area contributed by atoms with Crippen LogP contribution in [-0.2, 0) is 6.54 Å². The summed E-state index contributed by atoms with van der Waals surface area (Å²) >= 11 is 8.68. The van der Waals surface area contributed by atoms with Gasteiger partial charge in [0.05, 0.1) is 12.1 Å². The van der Waals surface area contributed by atoms with Crippen molar-refractivity contribution in [1.29, 1.82) is 0 Å². The molecular weight excluding hydrogens is 432 g/mol. The van der Waals surface area contributed by atoms with Crippen LogP contribution in [0.2, 0.25) is 0 Å². The summed E-state index contributed by atoms with van der Waals surface area (Å²) in [6, 6.07) is 14.9. The Morgan fingerprint density at radius 1 is 1.18 bits per heavy atom. The third kappa shape index (κ3) is 4.26. The Balaban J connectivity index is 2.12. The first-order valence-electron chi connectivity index (χ1n) is 9.51. The first-order valence-corrected chi connectivity index (χ1v) is 10.7. The van der Waals surface area contributed by atoms with Gasteiger partial charge in [0.1, 0.15) is 5.75 Å². The fourth-order valence-corrected chi connectivity index (χ4v) is 4.47. The predicted octanol–water partition coefficient (Wildman–Crippen LogP) is 6.18. The maximum atomic E-state index is 5.83. The molecule has 1 aromatic heterocycles. The number of halogens is 1. The number of ether oxygens (including phenoxy) is 1. The van der Waals surface area contributed by atoms with Gasteiger partial charge in [0, 0.05) is 34.0 Å². The van der Waals surface area contributed by atoms with E-state index >= 15 is 0 Å². The summed E-state index contributed by atoms with van der Waals surface area (Å²) in [6.07, 6.45) is 0.749. The van der Waals surface area contributed by atoms with Gasteiger partial charge in [0.15, 0.2) is 0 Å². The molecular formula is C23H27BrN2OS. The summed E-state index contributed by atoms with van der Waals surface area (Å²) in [5, 5.41) is 1.25. The quantitative estimate of drug-likeness (QED) is 0.429. The van der Waals surface area contributed by atoms with Crippen molar-refractivity contribution < 1.29 is 4.74 Å². The van der Waals surface area contributed by atoms with Crippen molar-refractivity contribution in [2.75, 3.05) is 7.11 Å². The standard InChI is InChI=1S/C23H27BrN2OS/c1-14(11-22(25)28)15(2)23-16(3)26(13-17-5-7-18(24)8-6-17)21-10-9-19(27-4)12-20(21)23/h5-10,12,14-15H,11,13H2,1-4H3,(H2,25,28). The van der Waals surface area contributed by atoms with E-state index < -0.39 is 0 Å². The lowest BCUT2D eigenvalue weighted by Crippen LogP contribution is -2.17. The number of nitrogens with zero attached hydrogens (tertiary/aromatic N) is 1. The average molecular weight is 459 g/mol. The van der Waals surface area contributed by atoms with E-state index in [-0.39, 0.29) is 0 Å². The fraction of sp³-hybridized carbons (Fsp3) is 0.348. The molecule has 2 aromatic carbocycles. The van der Waals surface area contributed by atoms with Gasteiger partial charge in [0.25, 0.3) is 0 Å². The third-order valence-electron chi connectivity index (χ3n) is 5.67. The molecule has 1 heterocycles. The molecule has 0 spiro atoms. The van der Waals surface area contributed by atoms with Gasteiger partial charge in [-0.3, -0.25) is 0 Å². The number of benzene rings is 2. The maximum absolute atomic E-state index is 5.83. The molecule has 148 valence electrons. The summed E-state index contributed by atoms with van der Waals surface area (Å²) in [6.45, 7) is 7.54. The molecule has 2 unspecified atom stereocenters. The van der Waals surface area contributed by atoms with E-state index in [0.29, 0.717) is 16.8 Å². The SMILES string of the molecule is COc1ccc2c(c1)c(C(C)C(C)CC(N)=S)c(C)n2Cc1ccc(Br)cc1. The van der Waals surface area contributed by atoms with Crippen molar-refractivity contribution >= 4 is 44.0 Å². The number of rotatable bonds is 7. The lowest BCUT2D eigenvalue weighted by atomic mass is 9.85. The molecule has 0 bridgehead atoms. The molecule has 0 aliphatic rings. The molecule has 0 radical (unpaired) electrons. The van der Waals surface area contributed by atoms with Crippen molar-refractivity contribution in [1.82, 2.24) is 4.57 Å². The highest BCUT2D eigenvalue weighted by molar-refractivity contribution is 9.10. The molecule has 0 aliphatic carbocycles. The van der Waals surface area contributed by atoms with Crippen LogP contribution < -0.4 is 10.5 Å². The molecule has 0 saturated carbocycles. The second-order valence-corrected chi connectivity index (χ2v) is 8.97. The largest absolute Gasteiger partial charge is 0.497 e. The summed E-state index contributed by atoms with van der Waals surface area (Å²) in [4.78, 5) is 0.577. The lowest BCUT2D eigenvalue weighted by Gasteiger charge is -2.21. The maximum Gasteiger partial charge on any atom is 0.119 e. The zero-order valence-electron chi connectivity index (χ0n) is 16.8. The number of fused-ring (bicyclic) bond motifs is 1. The van der Waals surface area contributed by atoms with Gasteiger partial charge < -0.3 is 15.0 Å². The van der Waals surface area contributed by atoms with Crippen LogP contribution in [0.3, 0.4) is 0 Å². The Morgan fingerprint density at radius 3 is 2.46 bits per heavy atom. The minimum atomic E-state index is 0.335. The molecule has 5 heteroatoms. The fourth-order valence-electron chi connectivity index (χ4n) is 3.94. The number of nitrogens with two attached hydrogens (primary N) is 1. The second-order valence-electron chi connectivity index (χ2n) is 7.53. The summed E-state index contributed by atoms with van der Waals surface area (Å²) in [5.41, 5.74) is 11.0. The number of hydrogen-bond donors (Lipinski definition) is 1. The number of hydrogen-bond acceptors (Lipinski definition) is 2. The Kier molecular flexibility index (Phi) is 6.46. The van der Waals surface area contributed by atoms with Gasteiger partial charge in [-0.1, -0.05) is 54.1 Å². The van der Waals surface area contributed by atoms with Gasteiger partial charge in [-0.05, 0) is 60.2 Å². The van der Waals surface area contributed by atoms with Crippen LogP contribution >= 0.6 is 28.1 Å². The van der Waals surface area contributed by atoms with Gasteiger partial charge in [-0.2, -0.15) is 0 Å². The highest BCUT2D eigenvalue weighted by atomic mass is 79.9. The van der Waals surface area contributed by atoms with Crippen LogP contribution in [0, 0.1) is 12.8 Å². The van der Waals surface area contributed by atoms with Crippen LogP contribution in [-0.4, -0.2) is 16.7 Å². The molecule has 2 N–H and O–H groups in total. The average Bonchev–Trinajstić information content (AvgIpc) is 2.93. The molecule has 0 fully saturated rings. The van der Waals surface area contributed by atoms with Gasteiger partial charge in [0.2, 0.25) is 0 Å². The molecule has 3 nitrogen and oxygen atoms in total. The molecule has 0 saturated heterocycles. The Labute approximate surface area is 181 Å².